The van der Waals surface area contributed by atoms with Gasteiger partial charge in [0.2, 0.25) is 0 Å². The molecule has 0 aliphatic heterocycles. The Labute approximate surface area is 130 Å². The quantitative estimate of drug-likeness (QED) is 0.712. The second kappa shape index (κ2) is 8.74. The third-order valence-electron chi connectivity index (χ3n) is 3.02. The number of rotatable bonds is 9. The second-order valence-electron chi connectivity index (χ2n) is 4.59. The van der Waals surface area contributed by atoms with E-state index in [1.54, 1.807) is 24.2 Å². The molecule has 0 radical (unpaired) electrons. The van der Waals surface area contributed by atoms with Gasteiger partial charge in [-0.2, -0.15) is 0 Å². The molecule has 5 heteroatoms. The van der Waals surface area contributed by atoms with Gasteiger partial charge in [-0.3, -0.25) is 0 Å². The first-order valence-electron chi connectivity index (χ1n) is 7.32. The summed E-state index contributed by atoms with van der Waals surface area (Å²) in [6, 6.07) is 8.41. The van der Waals surface area contributed by atoms with Gasteiger partial charge in [0, 0.05) is 17.4 Å². The molecule has 0 bridgehead atoms. The predicted octanol–water partition coefficient (Wildman–Crippen LogP) is 3.91. The molecule has 0 fully saturated rings. The van der Waals surface area contributed by atoms with Gasteiger partial charge in [-0.25, -0.2) is 4.98 Å². The van der Waals surface area contributed by atoms with E-state index in [0.717, 1.165) is 24.5 Å². The Kier molecular flexibility index (Phi) is 6.63. The summed E-state index contributed by atoms with van der Waals surface area (Å²) in [7, 11) is 0. The molecule has 1 atom stereocenters. The van der Waals surface area contributed by atoms with Crippen LogP contribution in [0.3, 0.4) is 0 Å². The summed E-state index contributed by atoms with van der Waals surface area (Å²) in [6.45, 7) is 5.81. The molecule has 114 valence electrons. The Morgan fingerprint density at radius 2 is 2.19 bits per heavy atom. The summed E-state index contributed by atoms with van der Waals surface area (Å²) < 4.78 is 11.0. The summed E-state index contributed by atoms with van der Waals surface area (Å²) in [5.41, 5.74) is 1.19. The van der Waals surface area contributed by atoms with Crippen molar-refractivity contribution in [2.75, 3.05) is 18.9 Å². The molecule has 0 aliphatic carbocycles. The van der Waals surface area contributed by atoms with Gasteiger partial charge in [0.15, 0.2) is 0 Å². The van der Waals surface area contributed by atoms with E-state index in [-0.39, 0.29) is 6.04 Å². The molecule has 21 heavy (non-hydrogen) atoms. The molecule has 4 nitrogen and oxygen atoms in total. The summed E-state index contributed by atoms with van der Waals surface area (Å²) in [4.78, 5) is 4.16. The number of para-hydroxylation sites is 1. The van der Waals surface area contributed by atoms with Gasteiger partial charge in [0.05, 0.1) is 12.8 Å². The van der Waals surface area contributed by atoms with E-state index in [1.807, 2.05) is 25.1 Å². The summed E-state index contributed by atoms with van der Waals surface area (Å²) in [5, 5.41) is 4.28. The van der Waals surface area contributed by atoms with Gasteiger partial charge in [-0.1, -0.05) is 36.9 Å². The standard InChI is InChI=1S/C16H22N2O2S/c1-3-9-17-14(12-21-16-18-10-11-20-16)13-7-5-6-8-15(13)19-4-2/h5-8,10-11,14,17H,3-4,9,12H2,1-2H3. The first kappa shape index (κ1) is 15.9. The second-order valence-corrected chi connectivity index (χ2v) is 5.56. The van der Waals surface area contributed by atoms with Gasteiger partial charge < -0.3 is 14.5 Å². The molecule has 1 N–H and O–H groups in total. The minimum absolute atomic E-state index is 0.213. The van der Waals surface area contributed by atoms with Gasteiger partial charge in [0.25, 0.3) is 5.22 Å². The van der Waals surface area contributed by atoms with Crippen LogP contribution in [0.15, 0.2) is 46.4 Å². The zero-order valence-corrected chi connectivity index (χ0v) is 13.4. The van der Waals surface area contributed by atoms with E-state index in [1.165, 1.54) is 5.56 Å². The van der Waals surface area contributed by atoms with Crippen LogP contribution in [-0.4, -0.2) is 23.9 Å². The maximum atomic E-state index is 5.75. The van der Waals surface area contributed by atoms with E-state index < -0.39 is 0 Å². The number of aromatic nitrogens is 1. The maximum Gasteiger partial charge on any atom is 0.255 e. The minimum Gasteiger partial charge on any atom is -0.494 e. The predicted molar refractivity (Wildman–Crippen MR) is 85.9 cm³/mol. The summed E-state index contributed by atoms with van der Waals surface area (Å²) in [6.07, 6.45) is 4.37. The van der Waals surface area contributed by atoms with Crippen molar-refractivity contribution in [2.45, 2.75) is 31.5 Å². The third-order valence-corrected chi connectivity index (χ3v) is 3.97. The van der Waals surface area contributed by atoms with E-state index in [4.69, 9.17) is 9.15 Å². The molecule has 1 unspecified atom stereocenters. The van der Waals surface area contributed by atoms with Crippen LogP contribution in [-0.2, 0) is 0 Å². The van der Waals surface area contributed by atoms with Crippen LogP contribution in [0, 0.1) is 0 Å². The Balaban J connectivity index is 2.10. The topological polar surface area (TPSA) is 47.3 Å². The van der Waals surface area contributed by atoms with Gasteiger partial charge in [0.1, 0.15) is 12.0 Å². The molecule has 1 aromatic carbocycles. The van der Waals surface area contributed by atoms with E-state index >= 15 is 0 Å². The fourth-order valence-electron chi connectivity index (χ4n) is 2.07. The van der Waals surface area contributed by atoms with Crippen molar-refractivity contribution < 1.29 is 9.15 Å². The fraction of sp³-hybridized carbons (Fsp3) is 0.438. The number of hydrogen-bond donors (Lipinski definition) is 1. The molecule has 0 saturated heterocycles. The van der Waals surface area contributed by atoms with Crippen molar-refractivity contribution in [3.05, 3.63) is 42.3 Å². The molecular formula is C16H22N2O2S. The number of nitrogens with one attached hydrogen (secondary N) is 1. The average Bonchev–Trinajstić information content (AvgIpc) is 3.02. The molecular weight excluding hydrogens is 284 g/mol. The van der Waals surface area contributed by atoms with Crippen molar-refractivity contribution >= 4 is 11.8 Å². The number of ether oxygens (including phenoxy) is 1. The lowest BCUT2D eigenvalue weighted by molar-refractivity contribution is 0.332. The van der Waals surface area contributed by atoms with Gasteiger partial charge in [-0.05, 0) is 26.0 Å². The van der Waals surface area contributed by atoms with Crippen molar-refractivity contribution in [3.63, 3.8) is 0 Å². The molecule has 1 heterocycles. The maximum absolute atomic E-state index is 5.75. The lowest BCUT2D eigenvalue weighted by atomic mass is 10.1. The van der Waals surface area contributed by atoms with Crippen molar-refractivity contribution in [1.82, 2.24) is 10.3 Å². The molecule has 2 aromatic rings. The van der Waals surface area contributed by atoms with Crippen LogP contribution >= 0.6 is 11.8 Å². The smallest absolute Gasteiger partial charge is 0.255 e. The zero-order valence-electron chi connectivity index (χ0n) is 12.5. The van der Waals surface area contributed by atoms with E-state index in [2.05, 4.69) is 23.3 Å². The van der Waals surface area contributed by atoms with E-state index in [9.17, 15) is 0 Å². The number of hydrogen-bond acceptors (Lipinski definition) is 5. The number of oxazole rings is 1. The summed E-state index contributed by atoms with van der Waals surface area (Å²) in [5.74, 6) is 1.80. The largest absolute Gasteiger partial charge is 0.494 e. The molecule has 0 spiro atoms. The third kappa shape index (κ3) is 4.79. The Morgan fingerprint density at radius 1 is 1.33 bits per heavy atom. The highest BCUT2D eigenvalue weighted by Gasteiger charge is 2.16. The lowest BCUT2D eigenvalue weighted by Gasteiger charge is -2.21. The van der Waals surface area contributed by atoms with Crippen LogP contribution in [0.4, 0.5) is 0 Å². The molecule has 0 saturated carbocycles. The Hall–Kier alpha value is -1.46. The Bertz CT molecular complexity index is 517. The van der Waals surface area contributed by atoms with Crippen molar-refractivity contribution in [1.29, 1.82) is 0 Å². The van der Waals surface area contributed by atoms with Crippen molar-refractivity contribution in [3.8, 4) is 5.75 Å². The first-order valence-corrected chi connectivity index (χ1v) is 8.31. The van der Waals surface area contributed by atoms with Crippen LogP contribution in [0.25, 0.3) is 0 Å². The molecule has 1 aromatic heterocycles. The zero-order chi connectivity index (χ0) is 14.9. The summed E-state index contributed by atoms with van der Waals surface area (Å²) >= 11 is 1.61. The lowest BCUT2D eigenvalue weighted by Crippen LogP contribution is -2.24. The Morgan fingerprint density at radius 3 is 2.90 bits per heavy atom. The molecule has 0 amide bonds. The highest BCUT2D eigenvalue weighted by atomic mass is 32.2. The fourth-order valence-corrected chi connectivity index (χ4v) is 2.93. The number of thioether (sulfide) groups is 1. The van der Waals surface area contributed by atoms with Crippen LogP contribution in [0.5, 0.6) is 5.75 Å². The highest BCUT2D eigenvalue weighted by molar-refractivity contribution is 7.99. The number of nitrogens with zero attached hydrogens (tertiary/aromatic N) is 1. The minimum atomic E-state index is 0.213. The van der Waals surface area contributed by atoms with Crippen molar-refractivity contribution in [2.24, 2.45) is 0 Å². The monoisotopic (exact) mass is 306 g/mol. The first-order chi connectivity index (χ1) is 10.3. The highest BCUT2D eigenvalue weighted by Crippen LogP contribution is 2.29. The van der Waals surface area contributed by atoms with Gasteiger partial charge >= 0.3 is 0 Å². The van der Waals surface area contributed by atoms with Crippen LogP contribution in [0.1, 0.15) is 31.9 Å². The normalized spacial score (nSPS) is 12.3. The molecule has 2 rings (SSSR count). The number of benzene rings is 1. The SMILES string of the molecule is CCCNC(CSc1ncco1)c1ccccc1OCC. The van der Waals surface area contributed by atoms with Crippen LogP contribution in [0.2, 0.25) is 0 Å². The molecule has 0 aliphatic rings. The van der Waals surface area contributed by atoms with E-state index in [0.29, 0.717) is 11.8 Å². The van der Waals surface area contributed by atoms with Gasteiger partial charge in [-0.15, -0.1) is 0 Å². The average molecular weight is 306 g/mol. The van der Waals surface area contributed by atoms with Crippen LogP contribution < -0.4 is 10.1 Å².